The summed E-state index contributed by atoms with van der Waals surface area (Å²) >= 11 is 0. The lowest BCUT2D eigenvalue weighted by molar-refractivity contribution is 0.292. The van der Waals surface area contributed by atoms with Gasteiger partial charge in [-0.1, -0.05) is 19.0 Å². The van der Waals surface area contributed by atoms with Crippen molar-refractivity contribution in [2.45, 2.75) is 59.4 Å². The Morgan fingerprint density at radius 2 is 2.04 bits per heavy atom. The van der Waals surface area contributed by atoms with Gasteiger partial charge in [0.25, 0.3) is 0 Å². The minimum atomic E-state index is 0.408. The molecule has 2 N–H and O–H groups in total. The van der Waals surface area contributed by atoms with Gasteiger partial charge < -0.3 is 20.1 Å². The SMILES string of the molecule is CCN(CC)CCCC(C)NC(=NC)NCCCc1nc(C)no1. The number of hydrogen-bond donors (Lipinski definition) is 2. The molecule has 138 valence electrons. The lowest BCUT2D eigenvalue weighted by Gasteiger charge is -2.21. The Morgan fingerprint density at radius 1 is 1.29 bits per heavy atom. The molecule has 1 aromatic rings. The van der Waals surface area contributed by atoms with Crippen molar-refractivity contribution in [3.05, 3.63) is 11.7 Å². The smallest absolute Gasteiger partial charge is 0.226 e. The van der Waals surface area contributed by atoms with Crippen LogP contribution in [0.4, 0.5) is 0 Å². The van der Waals surface area contributed by atoms with Crippen LogP contribution < -0.4 is 10.6 Å². The number of aromatic nitrogens is 2. The minimum absolute atomic E-state index is 0.408. The molecule has 7 nitrogen and oxygen atoms in total. The zero-order valence-corrected chi connectivity index (χ0v) is 15.9. The number of nitrogens with zero attached hydrogens (tertiary/aromatic N) is 4. The van der Waals surface area contributed by atoms with Gasteiger partial charge in [-0.25, -0.2) is 0 Å². The Hall–Kier alpha value is -1.63. The molecule has 1 heterocycles. The molecule has 1 rings (SSSR count). The van der Waals surface area contributed by atoms with E-state index >= 15 is 0 Å². The number of hydrogen-bond acceptors (Lipinski definition) is 5. The third-order valence-electron chi connectivity index (χ3n) is 4.04. The third-order valence-corrected chi connectivity index (χ3v) is 4.04. The van der Waals surface area contributed by atoms with Crippen molar-refractivity contribution in [2.75, 3.05) is 33.2 Å². The van der Waals surface area contributed by atoms with Gasteiger partial charge in [-0.3, -0.25) is 4.99 Å². The van der Waals surface area contributed by atoms with E-state index in [9.17, 15) is 0 Å². The van der Waals surface area contributed by atoms with Crippen LogP contribution >= 0.6 is 0 Å². The number of nitrogens with one attached hydrogen (secondary N) is 2. The molecule has 0 aliphatic carbocycles. The largest absolute Gasteiger partial charge is 0.356 e. The molecule has 0 fully saturated rings. The summed E-state index contributed by atoms with van der Waals surface area (Å²) < 4.78 is 5.11. The van der Waals surface area contributed by atoms with Crippen molar-refractivity contribution < 1.29 is 4.52 Å². The van der Waals surface area contributed by atoms with E-state index in [1.54, 1.807) is 7.05 Å². The molecule has 0 aromatic carbocycles. The molecule has 7 heteroatoms. The summed E-state index contributed by atoms with van der Waals surface area (Å²) in [6.45, 7) is 12.7. The standard InChI is InChI=1S/C17H34N6O/c1-6-23(7-2)13-9-10-14(3)20-17(18-5)19-12-8-11-16-21-15(4)22-24-16/h14H,6-13H2,1-5H3,(H2,18,19,20). The Morgan fingerprint density at radius 3 is 2.62 bits per heavy atom. The first-order chi connectivity index (χ1) is 11.6. The highest BCUT2D eigenvalue weighted by Crippen LogP contribution is 2.01. The van der Waals surface area contributed by atoms with E-state index < -0.39 is 0 Å². The second-order valence-corrected chi connectivity index (χ2v) is 6.05. The lowest BCUT2D eigenvalue weighted by Crippen LogP contribution is -2.42. The van der Waals surface area contributed by atoms with Crippen molar-refractivity contribution >= 4 is 5.96 Å². The zero-order valence-electron chi connectivity index (χ0n) is 15.9. The highest BCUT2D eigenvalue weighted by molar-refractivity contribution is 5.79. The Balaban J connectivity index is 2.16. The second kappa shape index (κ2) is 11.8. The summed E-state index contributed by atoms with van der Waals surface area (Å²) in [7, 11) is 1.80. The van der Waals surface area contributed by atoms with E-state index in [0.717, 1.165) is 51.4 Å². The molecule has 1 atom stereocenters. The van der Waals surface area contributed by atoms with Gasteiger partial charge in [0, 0.05) is 26.1 Å². The van der Waals surface area contributed by atoms with Crippen LogP contribution in [-0.4, -0.2) is 60.3 Å². The maximum atomic E-state index is 5.11. The molecular formula is C17H34N6O. The fourth-order valence-electron chi connectivity index (χ4n) is 2.55. The molecule has 0 saturated heterocycles. The molecule has 1 aromatic heterocycles. The summed E-state index contributed by atoms with van der Waals surface area (Å²) in [6, 6.07) is 0.408. The summed E-state index contributed by atoms with van der Waals surface area (Å²) in [4.78, 5) is 10.9. The highest BCUT2D eigenvalue weighted by Gasteiger charge is 2.07. The summed E-state index contributed by atoms with van der Waals surface area (Å²) in [5, 5.41) is 10.6. The van der Waals surface area contributed by atoms with Crippen LogP contribution in [0.2, 0.25) is 0 Å². The summed E-state index contributed by atoms with van der Waals surface area (Å²) in [6.07, 6.45) is 4.05. The summed E-state index contributed by atoms with van der Waals surface area (Å²) in [5.41, 5.74) is 0. The first-order valence-corrected chi connectivity index (χ1v) is 9.07. The van der Waals surface area contributed by atoms with Gasteiger partial charge >= 0.3 is 0 Å². The second-order valence-electron chi connectivity index (χ2n) is 6.05. The Bertz CT molecular complexity index is 469. The van der Waals surface area contributed by atoms with E-state index in [0.29, 0.717) is 17.8 Å². The van der Waals surface area contributed by atoms with Crippen molar-refractivity contribution in [1.29, 1.82) is 0 Å². The summed E-state index contributed by atoms with van der Waals surface area (Å²) in [5.74, 6) is 2.24. The van der Waals surface area contributed by atoms with E-state index in [2.05, 4.69) is 51.4 Å². The molecule has 0 amide bonds. The average Bonchev–Trinajstić information content (AvgIpc) is 2.99. The average molecular weight is 339 g/mol. The predicted octanol–water partition coefficient (Wildman–Crippen LogP) is 1.99. The van der Waals surface area contributed by atoms with Crippen molar-refractivity contribution in [1.82, 2.24) is 25.7 Å². The molecule has 0 saturated carbocycles. The number of aryl methyl sites for hydroxylation is 2. The fourth-order valence-corrected chi connectivity index (χ4v) is 2.55. The zero-order chi connectivity index (χ0) is 17.8. The van der Waals surface area contributed by atoms with Crippen LogP contribution in [0.5, 0.6) is 0 Å². The van der Waals surface area contributed by atoms with Crippen LogP contribution in [0.15, 0.2) is 9.52 Å². The van der Waals surface area contributed by atoms with Crippen LogP contribution in [0, 0.1) is 6.92 Å². The quantitative estimate of drug-likeness (QED) is 0.365. The molecular weight excluding hydrogens is 304 g/mol. The number of aliphatic imine (C=N–C) groups is 1. The maximum absolute atomic E-state index is 5.11. The third kappa shape index (κ3) is 8.29. The maximum Gasteiger partial charge on any atom is 0.226 e. The van der Waals surface area contributed by atoms with Crippen LogP contribution in [0.25, 0.3) is 0 Å². The van der Waals surface area contributed by atoms with E-state index in [4.69, 9.17) is 4.52 Å². The predicted molar refractivity (Wildman–Crippen MR) is 98.3 cm³/mol. The van der Waals surface area contributed by atoms with Gasteiger partial charge in [0.1, 0.15) is 0 Å². The van der Waals surface area contributed by atoms with E-state index in [1.165, 1.54) is 6.42 Å². The first-order valence-electron chi connectivity index (χ1n) is 9.07. The molecule has 0 spiro atoms. The van der Waals surface area contributed by atoms with Crippen LogP contribution in [0.1, 0.15) is 51.7 Å². The Labute approximate surface area is 146 Å². The van der Waals surface area contributed by atoms with Crippen molar-refractivity contribution in [2.24, 2.45) is 4.99 Å². The van der Waals surface area contributed by atoms with Crippen molar-refractivity contribution in [3.8, 4) is 0 Å². The molecule has 24 heavy (non-hydrogen) atoms. The molecule has 1 unspecified atom stereocenters. The normalized spacial score (nSPS) is 13.3. The van der Waals surface area contributed by atoms with Gasteiger partial charge in [0.2, 0.25) is 5.89 Å². The van der Waals surface area contributed by atoms with Crippen molar-refractivity contribution in [3.63, 3.8) is 0 Å². The minimum Gasteiger partial charge on any atom is -0.356 e. The van der Waals surface area contributed by atoms with Crippen LogP contribution in [0.3, 0.4) is 0 Å². The molecule has 0 radical (unpaired) electrons. The highest BCUT2D eigenvalue weighted by atomic mass is 16.5. The Kier molecular flexibility index (Phi) is 10.1. The topological polar surface area (TPSA) is 78.6 Å². The van der Waals surface area contributed by atoms with Gasteiger partial charge in [0.15, 0.2) is 11.8 Å². The molecule has 0 aliphatic heterocycles. The molecule has 0 bridgehead atoms. The fraction of sp³-hybridized carbons (Fsp3) is 0.824. The first kappa shape index (κ1) is 20.4. The van der Waals surface area contributed by atoms with Gasteiger partial charge in [-0.2, -0.15) is 4.98 Å². The van der Waals surface area contributed by atoms with Crippen LogP contribution in [-0.2, 0) is 6.42 Å². The lowest BCUT2D eigenvalue weighted by atomic mass is 10.2. The van der Waals surface area contributed by atoms with Gasteiger partial charge in [0.05, 0.1) is 0 Å². The molecule has 0 aliphatic rings. The van der Waals surface area contributed by atoms with Gasteiger partial charge in [-0.15, -0.1) is 0 Å². The van der Waals surface area contributed by atoms with Gasteiger partial charge in [-0.05, 0) is 52.7 Å². The monoisotopic (exact) mass is 338 g/mol. The van der Waals surface area contributed by atoms with E-state index in [-0.39, 0.29) is 0 Å². The number of guanidine groups is 1. The van der Waals surface area contributed by atoms with E-state index in [1.807, 2.05) is 6.92 Å². The number of rotatable bonds is 11.